The maximum atomic E-state index is 10.9. The van der Waals surface area contributed by atoms with Crippen LogP contribution in [0, 0.1) is 5.92 Å². The van der Waals surface area contributed by atoms with Crippen molar-refractivity contribution in [2.24, 2.45) is 5.92 Å². The molecule has 1 saturated heterocycles. The molecular formula is C12H21NO2. The molecule has 1 heterocycles. The molecule has 3 heteroatoms. The van der Waals surface area contributed by atoms with Gasteiger partial charge in [0, 0.05) is 12.0 Å². The van der Waals surface area contributed by atoms with Crippen LogP contribution in [0.3, 0.4) is 0 Å². The highest BCUT2D eigenvalue weighted by Crippen LogP contribution is 2.45. The molecule has 0 radical (unpaired) electrons. The van der Waals surface area contributed by atoms with Gasteiger partial charge in [-0.3, -0.25) is 4.79 Å². The Morgan fingerprint density at radius 2 is 2.07 bits per heavy atom. The first-order valence-electron chi connectivity index (χ1n) is 6.08. The molecule has 15 heavy (non-hydrogen) atoms. The molecule has 1 spiro atoms. The smallest absolute Gasteiger partial charge is 0.303 e. The van der Waals surface area contributed by atoms with E-state index < -0.39 is 5.97 Å². The van der Waals surface area contributed by atoms with E-state index in [9.17, 15) is 4.79 Å². The topological polar surface area (TPSA) is 40.5 Å². The number of likely N-dealkylation sites (tertiary alicyclic amines) is 1. The predicted octanol–water partition coefficient (Wildman–Crippen LogP) is 2.12. The quantitative estimate of drug-likeness (QED) is 0.760. The molecule has 1 aliphatic carbocycles. The van der Waals surface area contributed by atoms with Crippen LogP contribution in [0.2, 0.25) is 0 Å². The highest BCUT2D eigenvalue weighted by Gasteiger charge is 2.47. The van der Waals surface area contributed by atoms with Crippen molar-refractivity contribution >= 4 is 5.97 Å². The highest BCUT2D eigenvalue weighted by atomic mass is 16.4. The lowest BCUT2D eigenvalue weighted by atomic mass is 9.72. The minimum absolute atomic E-state index is 0.233. The monoisotopic (exact) mass is 211 g/mol. The number of hydrogen-bond donors (Lipinski definition) is 1. The molecule has 86 valence electrons. The van der Waals surface area contributed by atoms with Crippen LogP contribution in [0.5, 0.6) is 0 Å². The van der Waals surface area contributed by atoms with Crippen LogP contribution in [0.1, 0.15) is 44.9 Å². The Kier molecular flexibility index (Phi) is 3.01. The van der Waals surface area contributed by atoms with Crippen molar-refractivity contribution in [1.29, 1.82) is 0 Å². The number of nitrogens with zero attached hydrogens (tertiary/aromatic N) is 1. The van der Waals surface area contributed by atoms with E-state index in [-0.39, 0.29) is 5.54 Å². The fourth-order valence-corrected chi connectivity index (χ4v) is 3.61. The summed E-state index contributed by atoms with van der Waals surface area (Å²) in [6.45, 7) is 1.08. The predicted molar refractivity (Wildman–Crippen MR) is 58.8 cm³/mol. The molecule has 0 aromatic carbocycles. The zero-order valence-corrected chi connectivity index (χ0v) is 9.54. The minimum atomic E-state index is -0.625. The summed E-state index contributed by atoms with van der Waals surface area (Å²) in [5, 5.41) is 8.96. The number of rotatable bonds is 2. The van der Waals surface area contributed by atoms with Gasteiger partial charge in [-0.25, -0.2) is 0 Å². The van der Waals surface area contributed by atoms with Crippen LogP contribution >= 0.6 is 0 Å². The van der Waals surface area contributed by atoms with Gasteiger partial charge in [0.15, 0.2) is 0 Å². The van der Waals surface area contributed by atoms with E-state index in [0.717, 1.165) is 13.0 Å². The second-order valence-corrected chi connectivity index (χ2v) is 5.17. The summed E-state index contributed by atoms with van der Waals surface area (Å²) < 4.78 is 0. The summed E-state index contributed by atoms with van der Waals surface area (Å²) in [6, 6.07) is 0. The van der Waals surface area contributed by atoms with Gasteiger partial charge >= 0.3 is 5.97 Å². The van der Waals surface area contributed by atoms with E-state index >= 15 is 0 Å². The van der Waals surface area contributed by atoms with Crippen molar-refractivity contribution in [3.05, 3.63) is 0 Å². The fraction of sp³-hybridized carbons (Fsp3) is 0.917. The first kappa shape index (κ1) is 10.9. The summed E-state index contributed by atoms with van der Waals surface area (Å²) in [7, 11) is 2.17. The fourth-order valence-electron chi connectivity index (χ4n) is 3.61. The molecule has 1 aliphatic heterocycles. The maximum absolute atomic E-state index is 10.9. The lowest BCUT2D eigenvalue weighted by molar-refractivity contribution is -0.139. The number of aliphatic carboxylic acids is 1. The Morgan fingerprint density at radius 3 is 2.67 bits per heavy atom. The Labute approximate surface area is 91.5 Å². The van der Waals surface area contributed by atoms with Gasteiger partial charge in [-0.05, 0) is 38.8 Å². The number of hydrogen-bond acceptors (Lipinski definition) is 2. The van der Waals surface area contributed by atoms with Gasteiger partial charge in [-0.1, -0.05) is 19.3 Å². The van der Waals surface area contributed by atoms with Crippen LogP contribution in [-0.2, 0) is 4.79 Å². The third kappa shape index (κ3) is 1.89. The van der Waals surface area contributed by atoms with Crippen LogP contribution in [0.4, 0.5) is 0 Å². The van der Waals surface area contributed by atoms with Gasteiger partial charge in [0.25, 0.3) is 0 Å². The van der Waals surface area contributed by atoms with E-state index in [1.165, 1.54) is 32.1 Å². The largest absolute Gasteiger partial charge is 0.481 e. The second kappa shape index (κ2) is 4.12. The molecule has 0 aromatic heterocycles. The normalized spacial score (nSPS) is 30.9. The van der Waals surface area contributed by atoms with E-state index in [1.54, 1.807) is 0 Å². The Hall–Kier alpha value is -0.570. The Morgan fingerprint density at radius 1 is 1.40 bits per heavy atom. The zero-order valence-electron chi connectivity index (χ0n) is 9.54. The molecule has 0 aromatic rings. The zero-order chi connectivity index (χ0) is 10.9. The van der Waals surface area contributed by atoms with E-state index in [2.05, 4.69) is 11.9 Å². The summed E-state index contributed by atoms with van der Waals surface area (Å²) in [4.78, 5) is 13.3. The SMILES string of the molecule is CN1CCC(CC(=O)O)C12CCCCC2. The molecule has 1 atom stereocenters. The molecule has 1 unspecified atom stereocenters. The molecule has 1 saturated carbocycles. The van der Waals surface area contributed by atoms with Gasteiger partial charge in [0.05, 0.1) is 0 Å². The van der Waals surface area contributed by atoms with Crippen molar-refractivity contribution in [3.8, 4) is 0 Å². The highest BCUT2D eigenvalue weighted by molar-refractivity contribution is 5.67. The van der Waals surface area contributed by atoms with Crippen molar-refractivity contribution in [1.82, 2.24) is 4.90 Å². The van der Waals surface area contributed by atoms with Gasteiger partial charge in [-0.15, -0.1) is 0 Å². The average Bonchev–Trinajstić information content (AvgIpc) is 2.48. The molecule has 2 rings (SSSR count). The van der Waals surface area contributed by atoms with E-state index in [1.807, 2.05) is 0 Å². The van der Waals surface area contributed by atoms with Crippen molar-refractivity contribution in [3.63, 3.8) is 0 Å². The third-order valence-corrected chi connectivity index (χ3v) is 4.47. The Bertz CT molecular complexity index is 246. The molecular weight excluding hydrogens is 190 g/mol. The maximum Gasteiger partial charge on any atom is 0.303 e. The Balaban J connectivity index is 2.12. The van der Waals surface area contributed by atoms with Gasteiger partial charge in [0.2, 0.25) is 0 Å². The lowest BCUT2D eigenvalue weighted by Gasteiger charge is -2.43. The first-order valence-corrected chi connectivity index (χ1v) is 6.08. The van der Waals surface area contributed by atoms with Crippen LogP contribution < -0.4 is 0 Å². The third-order valence-electron chi connectivity index (χ3n) is 4.47. The van der Waals surface area contributed by atoms with E-state index in [4.69, 9.17) is 5.11 Å². The molecule has 0 amide bonds. The van der Waals surface area contributed by atoms with Gasteiger partial charge in [0.1, 0.15) is 0 Å². The van der Waals surface area contributed by atoms with Crippen LogP contribution in [-0.4, -0.2) is 35.1 Å². The summed E-state index contributed by atoms with van der Waals surface area (Å²) >= 11 is 0. The molecule has 3 nitrogen and oxygen atoms in total. The van der Waals surface area contributed by atoms with Crippen molar-refractivity contribution in [2.75, 3.05) is 13.6 Å². The summed E-state index contributed by atoms with van der Waals surface area (Å²) in [5.74, 6) is -0.236. The number of carboxylic acid groups (broad SMARTS) is 1. The van der Waals surface area contributed by atoms with Gasteiger partial charge in [-0.2, -0.15) is 0 Å². The van der Waals surface area contributed by atoms with Gasteiger partial charge < -0.3 is 10.0 Å². The molecule has 2 fully saturated rings. The second-order valence-electron chi connectivity index (χ2n) is 5.17. The van der Waals surface area contributed by atoms with E-state index in [0.29, 0.717) is 12.3 Å². The van der Waals surface area contributed by atoms with Crippen LogP contribution in [0.25, 0.3) is 0 Å². The summed E-state index contributed by atoms with van der Waals surface area (Å²) in [6.07, 6.45) is 7.74. The number of carbonyl (C=O) groups is 1. The summed E-state index contributed by atoms with van der Waals surface area (Å²) in [5.41, 5.74) is 0.233. The first-order chi connectivity index (χ1) is 7.15. The van der Waals surface area contributed by atoms with Crippen molar-refractivity contribution < 1.29 is 9.90 Å². The number of carboxylic acids is 1. The van der Waals surface area contributed by atoms with Crippen LogP contribution in [0.15, 0.2) is 0 Å². The minimum Gasteiger partial charge on any atom is -0.481 e. The lowest BCUT2D eigenvalue weighted by Crippen LogP contribution is -2.47. The molecule has 2 aliphatic rings. The average molecular weight is 211 g/mol. The molecule has 1 N–H and O–H groups in total. The standard InChI is InChI=1S/C12H21NO2/c1-13-8-5-10(9-11(14)15)12(13)6-3-2-4-7-12/h10H,2-9H2,1H3,(H,14,15). The van der Waals surface area contributed by atoms with Crippen molar-refractivity contribution in [2.45, 2.75) is 50.5 Å². The molecule has 0 bridgehead atoms.